The molecule has 0 unspecified atom stereocenters. The van der Waals surface area contributed by atoms with Gasteiger partial charge in [-0.25, -0.2) is 4.79 Å². The van der Waals surface area contributed by atoms with Gasteiger partial charge in [-0.05, 0) is 49.7 Å². The van der Waals surface area contributed by atoms with Gasteiger partial charge in [0.05, 0.1) is 11.7 Å². The van der Waals surface area contributed by atoms with E-state index in [4.69, 9.17) is 0 Å². The minimum atomic E-state index is -4.40. The Morgan fingerprint density at radius 1 is 1.21 bits per heavy atom. The number of carbonyl (C=O) groups excluding carboxylic acids is 1. The van der Waals surface area contributed by atoms with E-state index < -0.39 is 23.9 Å². The molecule has 1 aromatic carbocycles. The van der Waals surface area contributed by atoms with Crippen molar-refractivity contribution in [2.45, 2.75) is 25.6 Å². The van der Waals surface area contributed by atoms with Crippen LogP contribution in [0, 0.1) is 0 Å². The van der Waals surface area contributed by atoms with Gasteiger partial charge in [0.1, 0.15) is 0 Å². The van der Waals surface area contributed by atoms with Crippen LogP contribution in [-0.4, -0.2) is 17.7 Å². The molecule has 0 aliphatic carbocycles. The average molecular weight is 358 g/mol. The summed E-state index contributed by atoms with van der Waals surface area (Å²) in [4.78, 5) is 13.6. The number of rotatable bonds is 5. The van der Waals surface area contributed by atoms with Gasteiger partial charge in [0.15, 0.2) is 0 Å². The van der Waals surface area contributed by atoms with Gasteiger partial charge in [0.25, 0.3) is 0 Å². The Labute approximate surface area is 141 Å². The third-order valence-electron chi connectivity index (χ3n) is 3.22. The molecule has 1 aromatic heterocycles. The molecule has 8 heteroatoms. The number of urea groups is 1. The first-order valence-electron chi connectivity index (χ1n) is 7.24. The number of carbonyl (C=O) groups is 1. The van der Waals surface area contributed by atoms with E-state index in [-0.39, 0.29) is 5.69 Å². The van der Waals surface area contributed by atoms with E-state index in [1.54, 1.807) is 6.92 Å². The van der Waals surface area contributed by atoms with Crippen LogP contribution in [0.2, 0.25) is 0 Å². The summed E-state index contributed by atoms with van der Waals surface area (Å²) in [7, 11) is 0. The molecule has 0 saturated carbocycles. The van der Waals surface area contributed by atoms with Crippen LogP contribution in [0.4, 0.5) is 23.7 Å². The van der Waals surface area contributed by atoms with Crippen molar-refractivity contribution in [1.82, 2.24) is 5.32 Å². The second-order valence-electron chi connectivity index (χ2n) is 5.19. The van der Waals surface area contributed by atoms with Crippen molar-refractivity contribution in [2.24, 2.45) is 0 Å². The second kappa shape index (κ2) is 7.67. The zero-order valence-corrected chi connectivity index (χ0v) is 13.7. The van der Waals surface area contributed by atoms with Crippen molar-refractivity contribution < 1.29 is 23.1 Å². The molecule has 4 nitrogen and oxygen atoms in total. The topological polar surface area (TPSA) is 61.4 Å². The molecule has 0 radical (unpaired) electrons. The fraction of sp³-hybridized carbons (Fsp3) is 0.312. The highest BCUT2D eigenvalue weighted by atomic mass is 32.1. The molecule has 0 spiro atoms. The van der Waals surface area contributed by atoms with Crippen molar-refractivity contribution in [2.75, 3.05) is 11.9 Å². The number of aliphatic hydroxyl groups excluding tert-OH is 1. The van der Waals surface area contributed by atoms with E-state index in [2.05, 4.69) is 10.6 Å². The first-order valence-corrected chi connectivity index (χ1v) is 8.06. The summed E-state index contributed by atoms with van der Waals surface area (Å²) >= 11 is 1.47. The molecule has 0 aliphatic rings. The van der Waals surface area contributed by atoms with Crippen LogP contribution in [0.25, 0.3) is 0 Å². The highest BCUT2D eigenvalue weighted by Gasteiger charge is 2.29. The van der Waals surface area contributed by atoms with Crippen molar-refractivity contribution >= 4 is 23.1 Å². The first-order chi connectivity index (χ1) is 11.3. The number of nitrogens with one attached hydrogen (secondary N) is 2. The van der Waals surface area contributed by atoms with Gasteiger partial charge in [-0.15, -0.1) is 11.3 Å². The summed E-state index contributed by atoms with van der Waals surface area (Å²) in [5.74, 6) is 0. The number of halogens is 3. The lowest BCUT2D eigenvalue weighted by atomic mass is 10.2. The zero-order chi connectivity index (χ0) is 17.7. The number of hydrogen-bond donors (Lipinski definition) is 3. The van der Waals surface area contributed by atoms with Crippen molar-refractivity contribution in [3.05, 3.63) is 51.7 Å². The Balaban J connectivity index is 1.78. The molecule has 2 amide bonds. The Bertz CT molecular complexity index is 681. The molecule has 1 heterocycles. The third kappa shape index (κ3) is 5.24. The van der Waals surface area contributed by atoms with Crippen LogP contribution in [0.5, 0.6) is 0 Å². The average Bonchev–Trinajstić information content (AvgIpc) is 2.96. The van der Waals surface area contributed by atoms with Crippen LogP contribution < -0.4 is 10.6 Å². The summed E-state index contributed by atoms with van der Waals surface area (Å²) < 4.78 is 37.3. The number of thiophene rings is 1. The van der Waals surface area contributed by atoms with Crippen molar-refractivity contribution in [3.63, 3.8) is 0 Å². The Kier molecular flexibility index (Phi) is 5.84. The molecule has 3 N–H and O–H groups in total. The predicted octanol–water partition coefficient (Wildman–Crippen LogP) is 4.18. The summed E-state index contributed by atoms with van der Waals surface area (Å²) in [5, 5.41) is 14.6. The van der Waals surface area contributed by atoms with Crippen LogP contribution in [0.15, 0.2) is 36.4 Å². The highest BCUT2D eigenvalue weighted by molar-refractivity contribution is 7.12. The molecule has 24 heavy (non-hydrogen) atoms. The Hall–Kier alpha value is -2.06. The van der Waals surface area contributed by atoms with Crippen LogP contribution in [-0.2, 0) is 12.6 Å². The Morgan fingerprint density at radius 2 is 1.88 bits per heavy atom. The van der Waals surface area contributed by atoms with Crippen LogP contribution in [0.3, 0.4) is 0 Å². The van der Waals surface area contributed by atoms with E-state index in [0.29, 0.717) is 13.0 Å². The number of benzene rings is 1. The predicted molar refractivity (Wildman–Crippen MR) is 87.1 cm³/mol. The lowest BCUT2D eigenvalue weighted by Crippen LogP contribution is -2.30. The summed E-state index contributed by atoms with van der Waals surface area (Å²) in [6, 6.07) is 7.49. The molecule has 0 aliphatic heterocycles. The molecular weight excluding hydrogens is 341 g/mol. The second-order valence-corrected chi connectivity index (χ2v) is 6.39. The number of anilines is 1. The molecule has 130 valence electrons. The third-order valence-corrected chi connectivity index (χ3v) is 4.54. The molecule has 0 saturated heterocycles. The summed E-state index contributed by atoms with van der Waals surface area (Å²) in [6.45, 7) is 2.07. The van der Waals surface area contributed by atoms with Gasteiger partial charge >= 0.3 is 12.2 Å². The van der Waals surface area contributed by atoms with Gasteiger partial charge < -0.3 is 15.7 Å². The maximum absolute atomic E-state index is 12.4. The largest absolute Gasteiger partial charge is 0.416 e. The molecular formula is C16H17F3N2O2S. The van der Waals surface area contributed by atoms with Crippen LogP contribution >= 0.6 is 11.3 Å². The van der Waals surface area contributed by atoms with E-state index >= 15 is 0 Å². The van der Waals surface area contributed by atoms with E-state index in [0.717, 1.165) is 21.9 Å². The molecule has 0 fully saturated rings. The number of amides is 2. The summed E-state index contributed by atoms with van der Waals surface area (Å²) in [5.41, 5.74) is -0.479. The maximum Gasteiger partial charge on any atom is 0.416 e. The van der Waals surface area contributed by atoms with Crippen molar-refractivity contribution in [1.29, 1.82) is 0 Å². The number of alkyl halides is 3. The summed E-state index contributed by atoms with van der Waals surface area (Å²) in [6.07, 6.45) is -4.30. The smallest absolute Gasteiger partial charge is 0.388 e. The monoisotopic (exact) mass is 358 g/mol. The molecule has 1 atom stereocenters. The minimum absolute atomic E-state index is 0.285. The van der Waals surface area contributed by atoms with Crippen molar-refractivity contribution in [3.8, 4) is 0 Å². The minimum Gasteiger partial charge on any atom is -0.388 e. The molecule has 0 bridgehead atoms. The molecule has 2 rings (SSSR count). The van der Waals surface area contributed by atoms with E-state index in [1.165, 1.54) is 23.5 Å². The van der Waals surface area contributed by atoms with Gasteiger partial charge in [0, 0.05) is 22.0 Å². The fourth-order valence-electron chi connectivity index (χ4n) is 1.97. The Morgan fingerprint density at radius 3 is 2.42 bits per heavy atom. The quantitative estimate of drug-likeness (QED) is 0.751. The highest BCUT2D eigenvalue weighted by Crippen LogP contribution is 2.29. The molecule has 2 aromatic rings. The van der Waals surface area contributed by atoms with Gasteiger partial charge in [0.2, 0.25) is 0 Å². The maximum atomic E-state index is 12.4. The van der Waals surface area contributed by atoms with Gasteiger partial charge in [-0.2, -0.15) is 13.2 Å². The van der Waals surface area contributed by atoms with Gasteiger partial charge in [-0.3, -0.25) is 0 Å². The van der Waals surface area contributed by atoms with E-state index in [1.807, 2.05) is 12.1 Å². The lowest BCUT2D eigenvalue weighted by molar-refractivity contribution is -0.137. The van der Waals surface area contributed by atoms with E-state index in [9.17, 15) is 23.1 Å². The zero-order valence-electron chi connectivity index (χ0n) is 12.9. The standard InChI is InChI=1S/C16H17F3N2O2S/c1-10(22)14-7-6-13(24-14)8-9-20-15(23)21-12-4-2-11(3-5-12)16(17,18)19/h2-7,10,22H,8-9H2,1H3,(H2,20,21,23)/t10-/m0/s1. The van der Waals surface area contributed by atoms with Crippen LogP contribution in [0.1, 0.15) is 28.3 Å². The fourth-order valence-corrected chi connectivity index (χ4v) is 2.92. The SMILES string of the molecule is C[C@H](O)c1ccc(CCNC(=O)Nc2ccc(C(F)(F)F)cc2)s1. The number of hydrogen-bond acceptors (Lipinski definition) is 3. The normalized spacial score (nSPS) is 12.7. The lowest BCUT2D eigenvalue weighted by Gasteiger charge is -2.09. The van der Waals surface area contributed by atoms with Gasteiger partial charge in [-0.1, -0.05) is 0 Å². The first kappa shape index (κ1) is 18.3. The number of aliphatic hydroxyl groups is 1.